The Labute approximate surface area is 241 Å². The first kappa shape index (κ1) is 31.3. The summed E-state index contributed by atoms with van der Waals surface area (Å²) in [5.74, 6) is -1.77. The monoisotopic (exact) mass is 594 g/mol. The van der Waals surface area contributed by atoms with Gasteiger partial charge in [0.25, 0.3) is 5.09 Å². The quantitative estimate of drug-likeness (QED) is 0.144. The summed E-state index contributed by atoms with van der Waals surface area (Å²) in [6.07, 6.45) is -0.881. The molecule has 2 aromatic heterocycles. The Morgan fingerprint density at radius 2 is 1.76 bits per heavy atom. The van der Waals surface area contributed by atoms with Crippen LogP contribution in [0.4, 0.5) is 5.82 Å². The van der Waals surface area contributed by atoms with Crippen LogP contribution in [0, 0.1) is 22.0 Å². The van der Waals surface area contributed by atoms with Crippen LogP contribution in [-0.2, 0) is 28.6 Å². The fraction of sp³-hybridized carbons (Fsp3) is 0.720. The lowest BCUT2D eigenvalue weighted by atomic mass is 10.0. The molecule has 1 saturated heterocycles. The van der Waals surface area contributed by atoms with Crippen molar-refractivity contribution in [2.75, 3.05) is 11.9 Å². The number of carbonyl (C=O) groups is 2. The first-order valence-corrected chi connectivity index (χ1v) is 13.8. The molecule has 17 nitrogen and oxygen atoms in total. The summed E-state index contributed by atoms with van der Waals surface area (Å²) in [4.78, 5) is 54.7. The van der Waals surface area contributed by atoms with E-state index in [1.165, 1.54) is 17.2 Å². The molecule has 2 aliphatic rings. The van der Waals surface area contributed by atoms with Gasteiger partial charge in [0, 0.05) is 6.04 Å². The Kier molecular flexibility index (Phi) is 9.75. The molecule has 0 radical (unpaired) electrons. The van der Waals surface area contributed by atoms with Gasteiger partial charge in [0.2, 0.25) is 0 Å². The molecule has 42 heavy (non-hydrogen) atoms. The number of aliphatic hydroxyl groups excluding tert-OH is 1. The first-order valence-electron chi connectivity index (χ1n) is 13.8. The van der Waals surface area contributed by atoms with Crippen molar-refractivity contribution in [1.29, 1.82) is 0 Å². The lowest BCUT2D eigenvalue weighted by molar-refractivity contribution is -0.759. The van der Waals surface area contributed by atoms with Crippen LogP contribution in [-0.4, -0.2) is 90.8 Å². The molecule has 1 saturated carbocycles. The molecule has 0 bridgehead atoms. The number of fused-ring (bicyclic) bond motifs is 1. The van der Waals surface area contributed by atoms with Crippen molar-refractivity contribution in [3.8, 4) is 0 Å². The maximum Gasteiger partial charge on any atom is 0.323 e. The lowest BCUT2D eigenvalue weighted by Crippen LogP contribution is -2.48. The molecule has 2 fully saturated rings. The lowest BCUT2D eigenvalue weighted by Gasteiger charge is -2.27. The number of nitrogens with one attached hydrogen (secondary N) is 1. The van der Waals surface area contributed by atoms with Crippen molar-refractivity contribution in [3.05, 3.63) is 22.8 Å². The largest absolute Gasteiger partial charge is 0.454 e. The Balaban J connectivity index is 1.72. The second kappa shape index (κ2) is 13.1. The van der Waals surface area contributed by atoms with E-state index >= 15 is 0 Å². The molecule has 8 atom stereocenters. The van der Waals surface area contributed by atoms with Crippen molar-refractivity contribution < 1.29 is 38.8 Å². The highest BCUT2D eigenvalue weighted by Crippen LogP contribution is 2.37. The van der Waals surface area contributed by atoms with Gasteiger partial charge in [0.05, 0.1) is 12.4 Å². The second-order valence-electron chi connectivity index (χ2n) is 11.3. The highest BCUT2D eigenvalue weighted by Gasteiger charge is 2.52. The van der Waals surface area contributed by atoms with E-state index in [1.807, 2.05) is 0 Å². The Morgan fingerprint density at radius 1 is 1.12 bits per heavy atom. The number of rotatable bonds is 12. The van der Waals surface area contributed by atoms with Crippen LogP contribution >= 0.6 is 0 Å². The predicted molar refractivity (Wildman–Crippen MR) is 145 cm³/mol. The number of aliphatic hydroxyl groups is 1. The van der Waals surface area contributed by atoms with E-state index in [4.69, 9.17) is 25.7 Å². The number of nitrogens with zero attached hydrogens (tertiary/aromatic N) is 5. The van der Waals surface area contributed by atoms with Crippen LogP contribution in [0.3, 0.4) is 0 Å². The Hall–Kier alpha value is -3.67. The third-order valence-electron chi connectivity index (χ3n) is 7.49. The van der Waals surface area contributed by atoms with Gasteiger partial charge in [-0.05, 0) is 31.1 Å². The summed E-state index contributed by atoms with van der Waals surface area (Å²) < 4.78 is 19.0. The summed E-state index contributed by atoms with van der Waals surface area (Å²) in [5.41, 5.74) is 12.7. The maximum atomic E-state index is 13.1. The summed E-state index contributed by atoms with van der Waals surface area (Å²) in [6.45, 7) is 6.28. The summed E-state index contributed by atoms with van der Waals surface area (Å²) in [6, 6.07) is -2.07. The van der Waals surface area contributed by atoms with Gasteiger partial charge in [0.1, 0.15) is 31.1 Å². The molecule has 0 amide bonds. The second-order valence-corrected chi connectivity index (χ2v) is 11.3. The molecule has 0 spiro atoms. The summed E-state index contributed by atoms with van der Waals surface area (Å²) in [7, 11) is 0. The van der Waals surface area contributed by atoms with Gasteiger partial charge in [-0.15, -0.1) is 10.1 Å². The Morgan fingerprint density at radius 3 is 2.33 bits per heavy atom. The number of anilines is 1. The average molecular weight is 595 g/mol. The molecule has 0 unspecified atom stereocenters. The van der Waals surface area contributed by atoms with Gasteiger partial charge in [0.15, 0.2) is 35.4 Å². The number of hydrogen-bond acceptors (Lipinski definition) is 15. The van der Waals surface area contributed by atoms with Gasteiger partial charge in [-0.25, -0.2) is 15.0 Å². The fourth-order valence-corrected chi connectivity index (χ4v) is 4.86. The van der Waals surface area contributed by atoms with E-state index in [0.29, 0.717) is 24.2 Å². The highest BCUT2D eigenvalue weighted by atomic mass is 17.0. The van der Waals surface area contributed by atoms with Crippen LogP contribution in [0.25, 0.3) is 11.2 Å². The molecule has 6 N–H and O–H groups in total. The van der Waals surface area contributed by atoms with Crippen molar-refractivity contribution in [1.82, 2.24) is 19.5 Å². The average Bonchev–Trinajstić information content (AvgIpc) is 3.64. The molecule has 232 valence electrons. The molecule has 17 heteroatoms. The van der Waals surface area contributed by atoms with Crippen molar-refractivity contribution in [2.24, 2.45) is 23.3 Å². The zero-order valence-corrected chi connectivity index (χ0v) is 23.9. The minimum atomic E-state index is -1.35. The first-order chi connectivity index (χ1) is 19.9. The minimum absolute atomic E-state index is 0.0187. The number of carbonyl (C=O) groups excluding carboxylic acids is 2. The number of nitrogens with two attached hydrogens (primary N) is 2. The highest BCUT2D eigenvalue weighted by molar-refractivity contribution is 5.83. The molecule has 0 aromatic carbocycles. The molecule has 1 aliphatic carbocycles. The number of hydrogen-bond donors (Lipinski definition) is 4. The van der Waals surface area contributed by atoms with Crippen LogP contribution in [0.2, 0.25) is 0 Å². The van der Waals surface area contributed by atoms with Gasteiger partial charge < -0.3 is 40.9 Å². The third kappa shape index (κ3) is 6.86. The normalized spacial score (nSPS) is 27.3. The van der Waals surface area contributed by atoms with Crippen molar-refractivity contribution in [2.45, 2.75) is 95.7 Å². The molecule has 3 heterocycles. The van der Waals surface area contributed by atoms with Crippen LogP contribution < -0.4 is 16.8 Å². The summed E-state index contributed by atoms with van der Waals surface area (Å²) in [5, 5.41) is 23.2. The third-order valence-corrected chi connectivity index (χ3v) is 7.49. The molecule has 2 aromatic rings. The van der Waals surface area contributed by atoms with Crippen LogP contribution in [0.1, 0.15) is 53.2 Å². The van der Waals surface area contributed by atoms with E-state index in [2.05, 4.69) is 25.1 Å². The van der Waals surface area contributed by atoms with E-state index < -0.39 is 66.4 Å². The zero-order valence-electron chi connectivity index (χ0n) is 23.9. The Bertz CT molecular complexity index is 1270. The number of esters is 2. The zero-order chi connectivity index (χ0) is 30.7. The van der Waals surface area contributed by atoms with Crippen LogP contribution in [0.15, 0.2) is 12.7 Å². The van der Waals surface area contributed by atoms with Gasteiger partial charge in [-0.2, -0.15) is 0 Å². The molecule has 4 rings (SSSR count). The van der Waals surface area contributed by atoms with Gasteiger partial charge >= 0.3 is 11.9 Å². The standard InChI is InChI=1S/C25H38N8O9/c1-11(2)16(26)24(35)41-19-15(8-39-33(37)38)40-23(20(19)42-25(36)17(27)12(3)4)32-10-30-18-21(28-9-29-22(18)32)31-13-5-6-14(34)7-13/h9-17,19-20,23,34H,5-8,26-27H2,1-4H3,(H,28,29,31)/t13-,14+,15-,16+,17+,19-,20-,23-/m1/s1. The number of aromatic nitrogens is 4. The minimum Gasteiger partial charge on any atom is -0.454 e. The number of ether oxygens (including phenoxy) is 3. The molecule has 1 aliphatic heterocycles. The van der Waals surface area contributed by atoms with E-state index in [1.54, 1.807) is 27.7 Å². The fourth-order valence-electron chi connectivity index (χ4n) is 4.86. The smallest absolute Gasteiger partial charge is 0.323 e. The predicted octanol–water partition coefficient (Wildman–Crippen LogP) is 0.0475. The van der Waals surface area contributed by atoms with Crippen LogP contribution in [0.5, 0.6) is 0 Å². The van der Waals surface area contributed by atoms with Gasteiger partial charge in [-0.1, -0.05) is 27.7 Å². The van der Waals surface area contributed by atoms with Gasteiger partial charge in [-0.3, -0.25) is 14.2 Å². The topological polar surface area (TPSA) is 242 Å². The summed E-state index contributed by atoms with van der Waals surface area (Å²) >= 11 is 0. The maximum absolute atomic E-state index is 13.1. The SMILES string of the molecule is CC(C)[C@H](N)C(=O)O[C@@H]1[C@H](OC(=O)[C@@H](N)C(C)C)[C@@H](CO[N+](=O)[O-])O[C@H]1n1cnc2c(N[C@@H]3CC[C@H](O)C3)ncnc21. The van der Waals surface area contributed by atoms with Crippen molar-refractivity contribution in [3.63, 3.8) is 0 Å². The van der Waals surface area contributed by atoms with E-state index in [9.17, 15) is 24.8 Å². The van der Waals surface area contributed by atoms with E-state index in [0.717, 1.165) is 6.42 Å². The van der Waals surface area contributed by atoms with Crippen molar-refractivity contribution >= 4 is 28.9 Å². The molecular formula is C25H38N8O9. The number of imidazole rings is 1. The van der Waals surface area contributed by atoms with E-state index in [-0.39, 0.29) is 23.5 Å². The molecular weight excluding hydrogens is 556 g/mol.